The first kappa shape index (κ1) is 14.9. The van der Waals surface area contributed by atoms with Crippen LogP contribution >= 0.6 is 11.3 Å². The van der Waals surface area contributed by atoms with E-state index >= 15 is 0 Å². The number of ether oxygens (including phenoxy) is 1. The highest BCUT2D eigenvalue weighted by Crippen LogP contribution is 2.29. The molecule has 108 valence electrons. The van der Waals surface area contributed by atoms with Gasteiger partial charge in [-0.05, 0) is 38.3 Å². The lowest BCUT2D eigenvalue weighted by molar-refractivity contribution is 0.0851. The second-order valence-electron chi connectivity index (χ2n) is 5.62. The molecule has 0 aromatic carbocycles. The maximum atomic E-state index is 5.39. The Labute approximate surface area is 120 Å². The SMILES string of the molecule is CC(C)CNCCCc1nnc(C2CCOCC2)s1. The van der Waals surface area contributed by atoms with Crippen LogP contribution in [0.5, 0.6) is 0 Å². The molecule has 19 heavy (non-hydrogen) atoms. The Morgan fingerprint density at radius 2 is 2.11 bits per heavy atom. The van der Waals surface area contributed by atoms with Crippen molar-refractivity contribution in [3.8, 4) is 0 Å². The summed E-state index contributed by atoms with van der Waals surface area (Å²) in [6.07, 6.45) is 4.40. The van der Waals surface area contributed by atoms with Crippen molar-refractivity contribution in [3.05, 3.63) is 10.0 Å². The van der Waals surface area contributed by atoms with Crippen LogP contribution in [0.4, 0.5) is 0 Å². The van der Waals surface area contributed by atoms with Gasteiger partial charge in [0, 0.05) is 25.6 Å². The lowest BCUT2D eigenvalue weighted by atomic mass is 10.0. The van der Waals surface area contributed by atoms with E-state index in [1.807, 2.05) is 0 Å². The molecule has 1 aliphatic rings. The minimum absolute atomic E-state index is 0.582. The molecule has 0 spiro atoms. The van der Waals surface area contributed by atoms with Crippen molar-refractivity contribution in [2.24, 2.45) is 5.92 Å². The van der Waals surface area contributed by atoms with Gasteiger partial charge < -0.3 is 10.1 Å². The van der Waals surface area contributed by atoms with E-state index in [-0.39, 0.29) is 0 Å². The first-order valence-corrected chi connectivity index (χ1v) is 8.18. The van der Waals surface area contributed by atoms with Crippen molar-refractivity contribution in [2.45, 2.75) is 45.4 Å². The van der Waals surface area contributed by atoms with Gasteiger partial charge in [0.05, 0.1) is 0 Å². The Morgan fingerprint density at radius 3 is 2.84 bits per heavy atom. The lowest BCUT2D eigenvalue weighted by Gasteiger charge is -2.18. The Balaban J connectivity index is 1.68. The van der Waals surface area contributed by atoms with Crippen molar-refractivity contribution in [1.82, 2.24) is 15.5 Å². The van der Waals surface area contributed by atoms with E-state index in [9.17, 15) is 0 Å². The summed E-state index contributed by atoms with van der Waals surface area (Å²) in [6.45, 7) is 8.39. The lowest BCUT2D eigenvalue weighted by Crippen LogP contribution is -2.21. The summed E-state index contributed by atoms with van der Waals surface area (Å²) in [5.41, 5.74) is 0. The van der Waals surface area contributed by atoms with Gasteiger partial charge in [-0.3, -0.25) is 0 Å². The molecule has 0 atom stereocenters. The molecule has 0 amide bonds. The zero-order valence-electron chi connectivity index (χ0n) is 12.0. The van der Waals surface area contributed by atoms with Gasteiger partial charge >= 0.3 is 0 Å². The number of nitrogens with one attached hydrogen (secondary N) is 1. The summed E-state index contributed by atoms with van der Waals surface area (Å²) in [4.78, 5) is 0. The normalized spacial score (nSPS) is 17.2. The van der Waals surface area contributed by atoms with Crippen molar-refractivity contribution < 1.29 is 4.74 Å². The average molecular weight is 283 g/mol. The van der Waals surface area contributed by atoms with Gasteiger partial charge in [0.15, 0.2) is 0 Å². The summed E-state index contributed by atoms with van der Waals surface area (Å²) < 4.78 is 5.39. The number of hydrogen-bond acceptors (Lipinski definition) is 5. The van der Waals surface area contributed by atoms with Gasteiger partial charge in [-0.1, -0.05) is 13.8 Å². The predicted octanol–water partition coefficient (Wildman–Crippen LogP) is 2.61. The van der Waals surface area contributed by atoms with Gasteiger partial charge in [-0.2, -0.15) is 0 Å². The number of aromatic nitrogens is 2. The first-order valence-electron chi connectivity index (χ1n) is 7.36. The Bertz CT molecular complexity index is 361. The van der Waals surface area contributed by atoms with Crippen molar-refractivity contribution in [1.29, 1.82) is 0 Å². The van der Waals surface area contributed by atoms with Crippen LogP contribution in [0.1, 0.15) is 49.0 Å². The summed E-state index contributed by atoms with van der Waals surface area (Å²) in [7, 11) is 0. The van der Waals surface area contributed by atoms with Crippen LogP contribution in [-0.2, 0) is 11.2 Å². The van der Waals surface area contributed by atoms with Crippen LogP contribution in [0.15, 0.2) is 0 Å². The maximum absolute atomic E-state index is 5.39. The molecule has 0 unspecified atom stereocenters. The molecule has 0 radical (unpaired) electrons. The van der Waals surface area contributed by atoms with Crippen LogP contribution in [-0.4, -0.2) is 36.5 Å². The van der Waals surface area contributed by atoms with Gasteiger partial charge in [0.25, 0.3) is 0 Å². The average Bonchev–Trinajstić information content (AvgIpc) is 2.88. The summed E-state index contributed by atoms with van der Waals surface area (Å²) >= 11 is 1.80. The Kier molecular flexibility index (Phi) is 6.20. The highest BCUT2D eigenvalue weighted by atomic mass is 32.1. The molecule has 2 rings (SSSR count). The monoisotopic (exact) mass is 283 g/mol. The molecule has 2 heterocycles. The van der Waals surface area contributed by atoms with Crippen LogP contribution in [0, 0.1) is 5.92 Å². The Hall–Kier alpha value is -0.520. The second kappa shape index (κ2) is 7.92. The third-order valence-electron chi connectivity index (χ3n) is 3.35. The van der Waals surface area contributed by atoms with Gasteiger partial charge in [-0.15, -0.1) is 21.5 Å². The number of hydrogen-bond donors (Lipinski definition) is 1. The summed E-state index contributed by atoms with van der Waals surface area (Å²) in [5.74, 6) is 1.31. The molecular weight excluding hydrogens is 258 g/mol. The third-order valence-corrected chi connectivity index (χ3v) is 4.50. The van der Waals surface area contributed by atoms with E-state index in [0.717, 1.165) is 57.9 Å². The smallest absolute Gasteiger partial charge is 0.120 e. The fourth-order valence-electron chi connectivity index (χ4n) is 2.23. The van der Waals surface area contributed by atoms with Crippen molar-refractivity contribution in [2.75, 3.05) is 26.3 Å². The molecule has 1 fully saturated rings. The molecule has 4 nitrogen and oxygen atoms in total. The maximum Gasteiger partial charge on any atom is 0.120 e. The second-order valence-corrected chi connectivity index (χ2v) is 6.72. The molecule has 1 aliphatic heterocycles. The quantitative estimate of drug-likeness (QED) is 0.781. The number of aryl methyl sites for hydroxylation is 1. The van der Waals surface area contributed by atoms with Gasteiger partial charge in [0.2, 0.25) is 0 Å². The van der Waals surface area contributed by atoms with Crippen LogP contribution in [0.2, 0.25) is 0 Å². The van der Waals surface area contributed by atoms with E-state index in [2.05, 4.69) is 29.4 Å². The van der Waals surface area contributed by atoms with E-state index in [1.165, 1.54) is 10.0 Å². The minimum atomic E-state index is 0.582. The van der Waals surface area contributed by atoms with E-state index in [4.69, 9.17) is 4.74 Å². The van der Waals surface area contributed by atoms with E-state index in [0.29, 0.717) is 5.92 Å². The fourth-order valence-corrected chi connectivity index (χ4v) is 3.29. The van der Waals surface area contributed by atoms with Crippen LogP contribution in [0.3, 0.4) is 0 Å². The first-order chi connectivity index (χ1) is 9.25. The zero-order valence-corrected chi connectivity index (χ0v) is 12.8. The minimum Gasteiger partial charge on any atom is -0.381 e. The molecule has 5 heteroatoms. The highest BCUT2D eigenvalue weighted by molar-refractivity contribution is 7.11. The van der Waals surface area contributed by atoms with Crippen molar-refractivity contribution in [3.63, 3.8) is 0 Å². The molecular formula is C14H25N3OS. The summed E-state index contributed by atoms with van der Waals surface area (Å²) in [6, 6.07) is 0. The molecule has 1 saturated heterocycles. The topological polar surface area (TPSA) is 47.0 Å². The standard InChI is InChI=1S/C14H25N3OS/c1-11(2)10-15-7-3-4-13-16-17-14(19-13)12-5-8-18-9-6-12/h11-12,15H,3-10H2,1-2H3. The van der Waals surface area contributed by atoms with Gasteiger partial charge in [0.1, 0.15) is 10.0 Å². The zero-order chi connectivity index (χ0) is 13.5. The van der Waals surface area contributed by atoms with E-state index < -0.39 is 0 Å². The third kappa shape index (κ3) is 5.16. The highest BCUT2D eigenvalue weighted by Gasteiger charge is 2.19. The number of nitrogens with zero attached hydrogens (tertiary/aromatic N) is 2. The Morgan fingerprint density at radius 1 is 1.32 bits per heavy atom. The van der Waals surface area contributed by atoms with Crippen LogP contribution < -0.4 is 5.32 Å². The fraction of sp³-hybridized carbons (Fsp3) is 0.857. The van der Waals surface area contributed by atoms with Crippen LogP contribution in [0.25, 0.3) is 0 Å². The van der Waals surface area contributed by atoms with Gasteiger partial charge in [-0.25, -0.2) is 0 Å². The molecule has 1 aromatic heterocycles. The molecule has 0 aliphatic carbocycles. The molecule has 1 aromatic rings. The molecule has 1 N–H and O–H groups in total. The largest absolute Gasteiger partial charge is 0.381 e. The summed E-state index contributed by atoms with van der Waals surface area (Å²) in [5, 5.41) is 14.6. The predicted molar refractivity (Wildman–Crippen MR) is 78.7 cm³/mol. The molecule has 0 saturated carbocycles. The van der Waals surface area contributed by atoms with E-state index in [1.54, 1.807) is 11.3 Å². The molecule has 0 bridgehead atoms. The van der Waals surface area contributed by atoms with Crippen molar-refractivity contribution >= 4 is 11.3 Å². The number of rotatable bonds is 7.